The van der Waals surface area contributed by atoms with E-state index in [4.69, 9.17) is 0 Å². The van der Waals surface area contributed by atoms with Crippen molar-refractivity contribution in [1.29, 1.82) is 0 Å². The number of nitrogens with zero attached hydrogens (tertiary/aromatic N) is 1. The maximum Gasteiger partial charge on any atom is 0.239 e. The molecule has 3 heteroatoms. The lowest BCUT2D eigenvalue weighted by atomic mass is 9.85. The molecular formula is C16H26N2O. The van der Waals surface area contributed by atoms with E-state index in [2.05, 4.69) is 10.2 Å². The zero-order chi connectivity index (χ0) is 12.8. The fourth-order valence-corrected chi connectivity index (χ4v) is 4.09. The van der Waals surface area contributed by atoms with Crippen molar-refractivity contribution in [2.24, 2.45) is 11.8 Å². The molecule has 0 aromatic carbocycles. The number of amides is 1. The number of rotatable bonds is 4. The molecule has 0 spiro atoms. The first-order valence-corrected chi connectivity index (χ1v) is 8.38. The molecular weight excluding hydrogens is 236 g/mol. The van der Waals surface area contributed by atoms with Gasteiger partial charge >= 0.3 is 0 Å². The van der Waals surface area contributed by atoms with Gasteiger partial charge in [-0.05, 0) is 56.8 Å². The molecule has 4 rings (SSSR count). The van der Waals surface area contributed by atoms with Crippen molar-refractivity contribution in [3.05, 3.63) is 0 Å². The molecule has 1 aliphatic heterocycles. The summed E-state index contributed by atoms with van der Waals surface area (Å²) in [6, 6.07) is 1.38. The van der Waals surface area contributed by atoms with Gasteiger partial charge in [-0.15, -0.1) is 0 Å². The Morgan fingerprint density at radius 1 is 1.05 bits per heavy atom. The van der Waals surface area contributed by atoms with Crippen LogP contribution in [0.5, 0.6) is 0 Å². The van der Waals surface area contributed by atoms with E-state index in [9.17, 15) is 4.79 Å². The highest BCUT2D eigenvalue weighted by Gasteiger charge is 2.43. The lowest BCUT2D eigenvalue weighted by Gasteiger charge is -2.26. The molecule has 0 bridgehead atoms. The molecule has 1 amide bonds. The molecule has 106 valence electrons. The Balaban J connectivity index is 1.41. The molecule has 0 aromatic heterocycles. The Morgan fingerprint density at radius 2 is 1.84 bits per heavy atom. The monoisotopic (exact) mass is 262 g/mol. The van der Waals surface area contributed by atoms with Gasteiger partial charge < -0.3 is 10.2 Å². The second-order valence-electron chi connectivity index (χ2n) is 7.27. The molecule has 3 aliphatic carbocycles. The Morgan fingerprint density at radius 3 is 2.53 bits per heavy atom. The van der Waals surface area contributed by atoms with Crippen LogP contribution >= 0.6 is 0 Å². The van der Waals surface area contributed by atoms with Gasteiger partial charge in [0.1, 0.15) is 0 Å². The van der Waals surface area contributed by atoms with E-state index >= 15 is 0 Å². The summed E-state index contributed by atoms with van der Waals surface area (Å²) in [5.74, 6) is 2.04. The Hall–Kier alpha value is -0.570. The summed E-state index contributed by atoms with van der Waals surface area (Å²) in [4.78, 5) is 15.0. The third-order valence-electron chi connectivity index (χ3n) is 5.58. The van der Waals surface area contributed by atoms with E-state index in [1.807, 2.05) is 0 Å². The molecule has 1 heterocycles. The van der Waals surface area contributed by atoms with E-state index < -0.39 is 0 Å². The second-order valence-corrected chi connectivity index (χ2v) is 7.27. The average molecular weight is 262 g/mol. The summed E-state index contributed by atoms with van der Waals surface area (Å²) in [6.07, 6.45) is 11.7. The summed E-state index contributed by atoms with van der Waals surface area (Å²) >= 11 is 0. The summed E-state index contributed by atoms with van der Waals surface area (Å²) < 4.78 is 0. The molecule has 3 atom stereocenters. The molecule has 3 saturated carbocycles. The number of fused-ring (bicyclic) bond motifs is 1. The fourth-order valence-electron chi connectivity index (χ4n) is 4.09. The van der Waals surface area contributed by atoms with Crippen molar-refractivity contribution in [3.63, 3.8) is 0 Å². The smallest absolute Gasteiger partial charge is 0.239 e. The van der Waals surface area contributed by atoms with Gasteiger partial charge in [-0.1, -0.05) is 12.8 Å². The normalized spacial score (nSPS) is 38.0. The van der Waals surface area contributed by atoms with Gasteiger partial charge in [0, 0.05) is 18.6 Å². The molecule has 19 heavy (non-hydrogen) atoms. The summed E-state index contributed by atoms with van der Waals surface area (Å²) in [6.45, 7) is 1.05. The molecule has 4 fully saturated rings. The van der Waals surface area contributed by atoms with Gasteiger partial charge in [0.2, 0.25) is 5.91 Å². The molecule has 3 unspecified atom stereocenters. The number of carbonyl (C=O) groups is 1. The van der Waals surface area contributed by atoms with Gasteiger partial charge in [-0.2, -0.15) is 0 Å². The van der Waals surface area contributed by atoms with Crippen LogP contribution < -0.4 is 5.32 Å². The van der Waals surface area contributed by atoms with Gasteiger partial charge in [0.25, 0.3) is 0 Å². The standard InChI is InChI=1S/C16H26N2O/c19-16(18(13-7-8-13)10-11-5-6-11)15-9-12-3-1-2-4-14(12)17-15/h11-15,17H,1-10H2. The Kier molecular flexibility index (Phi) is 3.06. The highest BCUT2D eigenvalue weighted by Crippen LogP contribution is 2.38. The van der Waals surface area contributed by atoms with Crippen molar-refractivity contribution in [1.82, 2.24) is 10.2 Å². The summed E-state index contributed by atoms with van der Waals surface area (Å²) in [5, 5.41) is 3.66. The van der Waals surface area contributed by atoms with Crippen molar-refractivity contribution >= 4 is 5.91 Å². The molecule has 3 nitrogen and oxygen atoms in total. The van der Waals surface area contributed by atoms with Gasteiger partial charge in [-0.3, -0.25) is 4.79 Å². The van der Waals surface area contributed by atoms with Crippen LogP contribution in [0.1, 0.15) is 57.8 Å². The predicted octanol–water partition coefficient (Wildman–Crippen LogP) is 2.31. The Labute approximate surface area is 116 Å². The van der Waals surface area contributed by atoms with Crippen LogP contribution in [0.25, 0.3) is 0 Å². The first-order valence-electron chi connectivity index (χ1n) is 8.38. The number of nitrogens with one attached hydrogen (secondary N) is 1. The first kappa shape index (κ1) is 12.2. The lowest BCUT2D eigenvalue weighted by Crippen LogP contribution is -2.47. The van der Waals surface area contributed by atoms with Crippen LogP contribution in [0.3, 0.4) is 0 Å². The fraction of sp³-hybridized carbons (Fsp3) is 0.938. The maximum atomic E-state index is 12.8. The zero-order valence-corrected chi connectivity index (χ0v) is 11.8. The van der Waals surface area contributed by atoms with E-state index in [0.717, 1.165) is 24.8 Å². The van der Waals surface area contributed by atoms with Crippen LogP contribution in [-0.2, 0) is 4.79 Å². The zero-order valence-electron chi connectivity index (χ0n) is 11.8. The molecule has 0 radical (unpaired) electrons. The van der Waals surface area contributed by atoms with Crippen LogP contribution in [-0.4, -0.2) is 35.5 Å². The van der Waals surface area contributed by atoms with Crippen LogP contribution in [0.15, 0.2) is 0 Å². The molecule has 1 saturated heterocycles. The van der Waals surface area contributed by atoms with Crippen molar-refractivity contribution in [2.75, 3.05) is 6.54 Å². The minimum atomic E-state index is 0.146. The van der Waals surface area contributed by atoms with E-state index in [1.54, 1.807) is 0 Å². The quantitative estimate of drug-likeness (QED) is 0.843. The molecule has 0 aromatic rings. The number of carbonyl (C=O) groups excluding carboxylic acids is 1. The van der Waals surface area contributed by atoms with E-state index in [-0.39, 0.29) is 6.04 Å². The molecule has 1 N–H and O–H groups in total. The maximum absolute atomic E-state index is 12.8. The highest BCUT2D eigenvalue weighted by molar-refractivity contribution is 5.83. The average Bonchev–Trinajstić information content (AvgIpc) is 3.32. The van der Waals surface area contributed by atoms with E-state index in [0.29, 0.717) is 18.0 Å². The number of hydrogen-bond donors (Lipinski definition) is 1. The first-order chi connectivity index (χ1) is 9.31. The second kappa shape index (κ2) is 4.76. The van der Waals surface area contributed by atoms with Crippen molar-refractivity contribution < 1.29 is 4.79 Å². The largest absolute Gasteiger partial charge is 0.338 e. The molecule has 4 aliphatic rings. The van der Waals surface area contributed by atoms with Crippen LogP contribution in [0.4, 0.5) is 0 Å². The summed E-state index contributed by atoms with van der Waals surface area (Å²) in [5.41, 5.74) is 0. The lowest BCUT2D eigenvalue weighted by molar-refractivity contribution is -0.134. The van der Waals surface area contributed by atoms with Crippen LogP contribution in [0, 0.1) is 11.8 Å². The highest BCUT2D eigenvalue weighted by atomic mass is 16.2. The van der Waals surface area contributed by atoms with Crippen LogP contribution in [0.2, 0.25) is 0 Å². The summed E-state index contributed by atoms with van der Waals surface area (Å²) in [7, 11) is 0. The van der Waals surface area contributed by atoms with Gasteiger partial charge in [0.15, 0.2) is 0 Å². The number of hydrogen-bond acceptors (Lipinski definition) is 2. The van der Waals surface area contributed by atoms with Crippen molar-refractivity contribution in [2.45, 2.75) is 75.9 Å². The van der Waals surface area contributed by atoms with Crippen molar-refractivity contribution in [3.8, 4) is 0 Å². The third kappa shape index (κ3) is 2.54. The van der Waals surface area contributed by atoms with E-state index in [1.165, 1.54) is 51.4 Å². The minimum absolute atomic E-state index is 0.146. The predicted molar refractivity (Wildman–Crippen MR) is 74.7 cm³/mol. The van der Waals surface area contributed by atoms with Gasteiger partial charge in [0.05, 0.1) is 6.04 Å². The van der Waals surface area contributed by atoms with Gasteiger partial charge in [-0.25, -0.2) is 0 Å². The SMILES string of the molecule is O=C(C1CC2CCCCC2N1)N(CC1CC1)C1CC1. The topological polar surface area (TPSA) is 32.3 Å². The minimum Gasteiger partial charge on any atom is -0.338 e. The third-order valence-corrected chi connectivity index (χ3v) is 5.58. The Bertz CT molecular complexity index is 348.